The maximum atomic E-state index is 12.6. The largest absolute Gasteiger partial charge is 0.388 e. The zero-order valence-corrected chi connectivity index (χ0v) is 13.1. The van der Waals surface area contributed by atoms with Gasteiger partial charge in [-0.05, 0) is 30.9 Å². The van der Waals surface area contributed by atoms with Crippen LogP contribution in [0.3, 0.4) is 0 Å². The van der Waals surface area contributed by atoms with E-state index in [1.54, 1.807) is 10.4 Å². The summed E-state index contributed by atoms with van der Waals surface area (Å²) in [6.07, 6.45) is 4.35. The van der Waals surface area contributed by atoms with Gasteiger partial charge in [0.2, 0.25) is 10.0 Å². The fraction of sp³-hybridized carbons (Fsp3) is 0.538. The fourth-order valence-electron chi connectivity index (χ4n) is 2.41. The van der Waals surface area contributed by atoms with E-state index < -0.39 is 10.0 Å². The monoisotopic (exact) mass is 313 g/mol. The normalized spacial score (nSPS) is 20.8. The minimum Gasteiger partial charge on any atom is -0.388 e. The van der Waals surface area contributed by atoms with E-state index in [9.17, 15) is 8.42 Å². The molecule has 2 rings (SSSR count). The van der Waals surface area contributed by atoms with Crippen LogP contribution in [-0.4, -0.2) is 35.8 Å². The molecule has 20 heavy (non-hydrogen) atoms. The third kappa shape index (κ3) is 3.16. The van der Waals surface area contributed by atoms with Gasteiger partial charge in [-0.1, -0.05) is 25.6 Å². The van der Waals surface area contributed by atoms with Crippen molar-refractivity contribution in [3.8, 4) is 0 Å². The Balaban J connectivity index is 2.23. The van der Waals surface area contributed by atoms with E-state index in [0.717, 1.165) is 19.3 Å². The molecule has 0 saturated carbocycles. The molecule has 0 amide bonds. The Labute approximate surface area is 125 Å². The van der Waals surface area contributed by atoms with Crippen molar-refractivity contribution in [3.63, 3.8) is 0 Å². The molecule has 1 fully saturated rings. The first-order valence-corrected chi connectivity index (χ1v) is 8.56. The summed E-state index contributed by atoms with van der Waals surface area (Å²) in [4.78, 5) is 4.37. The van der Waals surface area contributed by atoms with Gasteiger partial charge in [0.05, 0.1) is 5.69 Å². The summed E-state index contributed by atoms with van der Waals surface area (Å²) in [6, 6.07) is 3.07. The molecule has 0 aliphatic carbocycles. The molecule has 7 heteroatoms. The van der Waals surface area contributed by atoms with Crippen LogP contribution in [0, 0.1) is 5.92 Å². The molecule has 0 spiro atoms. The van der Waals surface area contributed by atoms with E-state index in [2.05, 4.69) is 11.9 Å². The van der Waals surface area contributed by atoms with Gasteiger partial charge in [0, 0.05) is 19.3 Å². The van der Waals surface area contributed by atoms with Crippen molar-refractivity contribution in [2.75, 3.05) is 13.1 Å². The number of sulfonamides is 1. The third-order valence-electron chi connectivity index (χ3n) is 3.69. The number of thiocarbonyl (C=S) groups is 1. The van der Waals surface area contributed by atoms with Crippen molar-refractivity contribution in [1.82, 2.24) is 9.29 Å². The molecule has 0 bridgehead atoms. The highest BCUT2D eigenvalue weighted by Crippen LogP contribution is 2.24. The molecule has 1 saturated heterocycles. The molecule has 5 nitrogen and oxygen atoms in total. The molecule has 1 aromatic heterocycles. The summed E-state index contributed by atoms with van der Waals surface area (Å²) in [5.41, 5.74) is 5.90. The standard InChI is InChI=1S/C13H19N3O2S2/c1-2-10-4-3-7-16(9-10)20(17,18)11-5-6-12(13(14)19)15-8-11/h5-6,8,10H,2-4,7,9H2,1H3,(H2,14,19). The molecular weight excluding hydrogens is 294 g/mol. The van der Waals surface area contributed by atoms with Gasteiger partial charge >= 0.3 is 0 Å². The Morgan fingerprint density at radius 2 is 2.30 bits per heavy atom. The summed E-state index contributed by atoms with van der Waals surface area (Å²) < 4.78 is 26.7. The van der Waals surface area contributed by atoms with Crippen LogP contribution in [0.1, 0.15) is 31.9 Å². The Morgan fingerprint density at radius 3 is 2.85 bits per heavy atom. The van der Waals surface area contributed by atoms with Gasteiger partial charge in [0.1, 0.15) is 9.88 Å². The van der Waals surface area contributed by atoms with Crippen LogP contribution in [0.25, 0.3) is 0 Å². The lowest BCUT2D eigenvalue weighted by atomic mass is 9.97. The summed E-state index contributed by atoms with van der Waals surface area (Å²) in [7, 11) is -3.46. The van der Waals surface area contributed by atoms with E-state index in [1.165, 1.54) is 12.3 Å². The number of hydrogen-bond acceptors (Lipinski definition) is 4. The minimum absolute atomic E-state index is 0.165. The Kier molecular flexibility index (Phi) is 4.72. The lowest BCUT2D eigenvalue weighted by Gasteiger charge is -2.31. The second kappa shape index (κ2) is 6.15. The van der Waals surface area contributed by atoms with Gasteiger partial charge in [0.15, 0.2) is 0 Å². The highest BCUT2D eigenvalue weighted by Gasteiger charge is 2.29. The van der Waals surface area contributed by atoms with Crippen molar-refractivity contribution >= 4 is 27.2 Å². The van der Waals surface area contributed by atoms with E-state index in [4.69, 9.17) is 18.0 Å². The van der Waals surface area contributed by atoms with E-state index in [0.29, 0.717) is 24.7 Å². The van der Waals surface area contributed by atoms with Crippen molar-refractivity contribution in [1.29, 1.82) is 0 Å². The molecule has 110 valence electrons. The second-order valence-corrected chi connectivity index (χ2v) is 7.40. The zero-order valence-electron chi connectivity index (χ0n) is 11.4. The van der Waals surface area contributed by atoms with Crippen LogP contribution in [0.5, 0.6) is 0 Å². The molecule has 1 atom stereocenters. The van der Waals surface area contributed by atoms with Gasteiger partial charge in [-0.15, -0.1) is 0 Å². The van der Waals surface area contributed by atoms with E-state index in [1.807, 2.05) is 0 Å². The summed E-state index contributed by atoms with van der Waals surface area (Å²) in [6.45, 7) is 3.27. The molecule has 1 aliphatic heterocycles. The van der Waals surface area contributed by atoms with Crippen molar-refractivity contribution in [2.24, 2.45) is 11.7 Å². The molecule has 0 radical (unpaired) electrons. The number of nitrogens with zero attached hydrogens (tertiary/aromatic N) is 2. The SMILES string of the molecule is CCC1CCCN(S(=O)(=O)c2ccc(C(N)=S)nc2)C1. The molecule has 2 N–H and O–H groups in total. The van der Waals surface area contributed by atoms with E-state index in [-0.39, 0.29) is 9.88 Å². The molecule has 0 aromatic carbocycles. The number of hydrogen-bond donors (Lipinski definition) is 1. The molecule has 1 aromatic rings. The summed E-state index contributed by atoms with van der Waals surface area (Å²) >= 11 is 4.81. The predicted octanol–water partition coefficient (Wildman–Crippen LogP) is 1.53. The number of rotatable bonds is 4. The molecule has 1 unspecified atom stereocenters. The van der Waals surface area contributed by atoms with Gasteiger partial charge in [0.25, 0.3) is 0 Å². The Bertz CT molecular complexity index is 584. The first-order chi connectivity index (χ1) is 9.45. The van der Waals surface area contributed by atoms with Gasteiger partial charge in [-0.2, -0.15) is 4.31 Å². The maximum Gasteiger partial charge on any atom is 0.244 e. The van der Waals surface area contributed by atoms with Crippen LogP contribution >= 0.6 is 12.2 Å². The first-order valence-electron chi connectivity index (χ1n) is 6.71. The van der Waals surface area contributed by atoms with Crippen LogP contribution in [0.4, 0.5) is 0 Å². The average molecular weight is 313 g/mol. The van der Waals surface area contributed by atoms with Crippen LogP contribution in [0.15, 0.2) is 23.2 Å². The molecule has 1 aliphatic rings. The lowest BCUT2D eigenvalue weighted by molar-refractivity contribution is 0.261. The smallest absolute Gasteiger partial charge is 0.244 e. The maximum absolute atomic E-state index is 12.6. The first kappa shape index (κ1) is 15.3. The lowest BCUT2D eigenvalue weighted by Crippen LogP contribution is -2.39. The van der Waals surface area contributed by atoms with Crippen molar-refractivity contribution < 1.29 is 8.42 Å². The average Bonchev–Trinajstić information content (AvgIpc) is 2.47. The molecular formula is C13H19N3O2S2. The topological polar surface area (TPSA) is 76.3 Å². The van der Waals surface area contributed by atoms with Crippen LogP contribution < -0.4 is 5.73 Å². The molecule has 2 heterocycles. The number of nitrogens with two attached hydrogens (primary N) is 1. The van der Waals surface area contributed by atoms with Crippen molar-refractivity contribution in [2.45, 2.75) is 31.1 Å². The van der Waals surface area contributed by atoms with Crippen molar-refractivity contribution in [3.05, 3.63) is 24.0 Å². The highest BCUT2D eigenvalue weighted by atomic mass is 32.2. The summed E-state index contributed by atoms with van der Waals surface area (Å²) in [5, 5.41) is 0. The minimum atomic E-state index is -3.46. The third-order valence-corrected chi connectivity index (χ3v) is 5.74. The Morgan fingerprint density at radius 1 is 1.55 bits per heavy atom. The number of aromatic nitrogens is 1. The number of piperidine rings is 1. The predicted molar refractivity (Wildman–Crippen MR) is 81.9 cm³/mol. The van der Waals surface area contributed by atoms with Crippen LogP contribution in [-0.2, 0) is 10.0 Å². The van der Waals surface area contributed by atoms with Gasteiger partial charge in [-0.25, -0.2) is 8.42 Å². The summed E-state index contributed by atoms with van der Waals surface area (Å²) in [5.74, 6) is 0.447. The quantitative estimate of drug-likeness (QED) is 0.853. The fourth-order valence-corrected chi connectivity index (χ4v) is 4.03. The van der Waals surface area contributed by atoms with Crippen LogP contribution in [0.2, 0.25) is 0 Å². The number of pyridine rings is 1. The van der Waals surface area contributed by atoms with E-state index >= 15 is 0 Å². The Hall–Kier alpha value is -1.05. The highest BCUT2D eigenvalue weighted by molar-refractivity contribution is 7.89. The van der Waals surface area contributed by atoms with Gasteiger partial charge < -0.3 is 5.73 Å². The van der Waals surface area contributed by atoms with Gasteiger partial charge in [-0.3, -0.25) is 4.98 Å². The zero-order chi connectivity index (χ0) is 14.8. The second-order valence-electron chi connectivity index (χ2n) is 5.02.